The van der Waals surface area contributed by atoms with E-state index in [1.807, 2.05) is 49.4 Å². The number of hydrogen-bond acceptors (Lipinski definition) is 6. The van der Waals surface area contributed by atoms with Crippen LogP contribution < -0.4 is 19.6 Å². The molecule has 0 saturated carbocycles. The normalized spacial score (nSPS) is 10.8. The van der Waals surface area contributed by atoms with E-state index in [2.05, 4.69) is 10.5 Å². The van der Waals surface area contributed by atoms with E-state index in [-0.39, 0.29) is 19.1 Å². The first-order chi connectivity index (χ1) is 17.5. The Kier molecular flexibility index (Phi) is 8.16. The molecule has 4 rings (SSSR count). The minimum absolute atomic E-state index is 0.169. The first-order valence-electron chi connectivity index (χ1n) is 11.1. The Morgan fingerprint density at radius 2 is 1.64 bits per heavy atom. The standard InChI is InChI=1S/C28H23ClN2O5/c1-19-15-22(29)11-14-25(19)35-18-28(33)36-23-12-9-20(10-13-23)16-30-31-27(32)17-34-26-8-4-6-21-5-2-3-7-24(21)26/h2-16H,17-18H2,1H3,(H,31,32). The number of nitrogens with one attached hydrogen (secondary N) is 1. The van der Waals surface area contributed by atoms with Crippen LogP contribution >= 0.6 is 11.6 Å². The van der Waals surface area contributed by atoms with Gasteiger partial charge in [-0.3, -0.25) is 4.79 Å². The van der Waals surface area contributed by atoms with Crippen LogP contribution in [0.4, 0.5) is 0 Å². The fourth-order valence-corrected chi connectivity index (χ4v) is 3.60. The smallest absolute Gasteiger partial charge is 0.349 e. The second-order valence-electron chi connectivity index (χ2n) is 7.80. The average Bonchev–Trinajstić information content (AvgIpc) is 2.88. The summed E-state index contributed by atoms with van der Waals surface area (Å²) in [6.07, 6.45) is 1.48. The third kappa shape index (κ3) is 6.84. The molecule has 8 heteroatoms. The molecule has 1 amide bonds. The molecule has 0 atom stereocenters. The van der Waals surface area contributed by atoms with E-state index < -0.39 is 5.97 Å². The van der Waals surface area contributed by atoms with Crippen LogP contribution in [-0.2, 0) is 9.59 Å². The molecule has 0 radical (unpaired) electrons. The van der Waals surface area contributed by atoms with Crippen molar-refractivity contribution in [3.8, 4) is 17.2 Å². The van der Waals surface area contributed by atoms with Gasteiger partial charge in [0.1, 0.15) is 17.2 Å². The third-order valence-corrected chi connectivity index (χ3v) is 5.34. The van der Waals surface area contributed by atoms with Gasteiger partial charge in [0.05, 0.1) is 6.21 Å². The second-order valence-corrected chi connectivity index (χ2v) is 8.24. The molecule has 0 saturated heterocycles. The number of amides is 1. The fraction of sp³-hybridized carbons (Fsp3) is 0.107. The van der Waals surface area contributed by atoms with Crippen molar-refractivity contribution in [3.05, 3.63) is 101 Å². The lowest BCUT2D eigenvalue weighted by Crippen LogP contribution is -2.24. The number of hydrazone groups is 1. The molecule has 0 unspecified atom stereocenters. The molecule has 7 nitrogen and oxygen atoms in total. The zero-order valence-corrected chi connectivity index (χ0v) is 20.2. The first-order valence-corrected chi connectivity index (χ1v) is 11.5. The number of esters is 1. The second kappa shape index (κ2) is 11.9. The van der Waals surface area contributed by atoms with Gasteiger partial charge in [-0.05, 0) is 72.0 Å². The lowest BCUT2D eigenvalue weighted by atomic mass is 10.1. The number of benzene rings is 4. The van der Waals surface area contributed by atoms with E-state index in [0.29, 0.717) is 27.8 Å². The van der Waals surface area contributed by atoms with Crippen LogP contribution in [-0.4, -0.2) is 31.3 Å². The molecule has 0 aromatic heterocycles. The Morgan fingerprint density at radius 3 is 2.44 bits per heavy atom. The topological polar surface area (TPSA) is 86.2 Å². The number of carbonyl (C=O) groups excluding carboxylic acids is 2. The van der Waals surface area contributed by atoms with Crippen molar-refractivity contribution in [1.29, 1.82) is 0 Å². The van der Waals surface area contributed by atoms with Crippen LogP contribution in [0.1, 0.15) is 11.1 Å². The number of halogens is 1. The van der Waals surface area contributed by atoms with Crippen LogP contribution in [0.15, 0.2) is 90.0 Å². The Hall–Kier alpha value is -4.36. The highest BCUT2D eigenvalue weighted by atomic mass is 35.5. The van der Waals surface area contributed by atoms with Gasteiger partial charge < -0.3 is 14.2 Å². The van der Waals surface area contributed by atoms with E-state index in [4.69, 9.17) is 25.8 Å². The highest BCUT2D eigenvalue weighted by Crippen LogP contribution is 2.25. The van der Waals surface area contributed by atoms with E-state index >= 15 is 0 Å². The van der Waals surface area contributed by atoms with Gasteiger partial charge in [0.25, 0.3) is 5.91 Å². The predicted molar refractivity (Wildman–Crippen MR) is 139 cm³/mol. The number of rotatable bonds is 9. The monoisotopic (exact) mass is 502 g/mol. The summed E-state index contributed by atoms with van der Waals surface area (Å²) in [6, 6.07) is 25.3. The average molecular weight is 503 g/mol. The minimum atomic E-state index is -0.538. The molecular weight excluding hydrogens is 480 g/mol. The zero-order valence-electron chi connectivity index (χ0n) is 19.4. The molecule has 0 aliphatic heterocycles. The number of ether oxygens (including phenoxy) is 3. The van der Waals surface area contributed by atoms with E-state index in [9.17, 15) is 9.59 Å². The van der Waals surface area contributed by atoms with Crippen molar-refractivity contribution in [1.82, 2.24) is 5.43 Å². The molecule has 0 spiro atoms. The molecule has 1 N–H and O–H groups in total. The van der Waals surface area contributed by atoms with Gasteiger partial charge in [-0.2, -0.15) is 5.10 Å². The SMILES string of the molecule is Cc1cc(Cl)ccc1OCC(=O)Oc1ccc(C=NNC(=O)COc2cccc3ccccc23)cc1. The summed E-state index contributed by atoms with van der Waals surface area (Å²) in [5.74, 6) is 0.629. The van der Waals surface area contributed by atoms with Crippen molar-refractivity contribution in [2.24, 2.45) is 5.10 Å². The maximum atomic E-state index is 12.1. The Bertz CT molecular complexity index is 1400. The van der Waals surface area contributed by atoms with Gasteiger partial charge in [0.2, 0.25) is 0 Å². The van der Waals surface area contributed by atoms with Crippen LogP contribution in [0.5, 0.6) is 17.2 Å². The van der Waals surface area contributed by atoms with Crippen LogP contribution in [0, 0.1) is 6.92 Å². The Labute approximate surface area is 213 Å². The molecular formula is C28H23ClN2O5. The van der Waals surface area contributed by atoms with E-state index in [0.717, 1.165) is 16.3 Å². The molecule has 182 valence electrons. The Balaban J connectivity index is 1.22. The van der Waals surface area contributed by atoms with Gasteiger partial charge in [-0.25, -0.2) is 10.2 Å². The molecule has 0 fully saturated rings. The predicted octanol–water partition coefficient (Wildman–Crippen LogP) is 5.32. The first kappa shape index (κ1) is 24.8. The molecule has 0 bridgehead atoms. The summed E-state index contributed by atoms with van der Waals surface area (Å²) >= 11 is 5.92. The summed E-state index contributed by atoms with van der Waals surface area (Å²) in [4.78, 5) is 24.2. The zero-order chi connectivity index (χ0) is 25.3. The fourth-order valence-electron chi connectivity index (χ4n) is 3.37. The number of hydrogen-bond donors (Lipinski definition) is 1. The van der Waals surface area contributed by atoms with Crippen LogP contribution in [0.3, 0.4) is 0 Å². The van der Waals surface area contributed by atoms with Crippen molar-refractivity contribution in [2.45, 2.75) is 6.92 Å². The third-order valence-electron chi connectivity index (χ3n) is 5.11. The summed E-state index contributed by atoms with van der Waals surface area (Å²) in [6.45, 7) is 1.43. The number of aryl methyl sites for hydroxylation is 1. The van der Waals surface area contributed by atoms with Crippen molar-refractivity contribution in [2.75, 3.05) is 13.2 Å². The lowest BCUT2D eigenvalue weighted by Gasteiger charge is -2.09. The van der Waals surface area contributed by atoms with Gasteiger partial charge in [-0.15, -0.1) is 0 Å². The van der Waals surface area contributed by atoms with E-state index in [1.165, 1.54) is 6.21 Å². The number of fused-ring (bicyclic) bond motifs is 1. The quantitative estimate of drug-likeness (QED) is 0.145. The summed E-state index contributed by atoms with van der Waals surface area (Å²) in [5.41, 5.74) is 3.96. The Morgan fingerprint density at radius 1 is 0.889 bits per heavy atom. The van der Waals surface area contributed by atoms with Crippen LogP contribution in [0.2, 0.25) is 5.02 Å². The maximum absolute atomic E-state index is 12.1. The summed E-state index contributed by atoms with van der Waals surface area (Å²) in [7, 11) is 0. The maximum Gasteiger partial charge on any atom is 0.349 e. The highest BCUT2D eigenvalue weighted by molar-refractivity contribution is 6.30. The largest absolute Gasteiger partial charge is 0.483 e. The summed E-state index contributed by atoms with van der Waals surface area (Å²) < 4.78 is 16.4. The van der Waals surface area contributed by atoms with Crippen molar-refractivity contribution >= 4 is 40.5 Å². The highest BCUT2D eigenvalue weighted by Gasteiger charge is 2.08. The molecule has 0 aliphatic carbocycles. The molecule has 36 heavy (non-hydrogen) atoms. The minimum Gasteiger partial charge on any atom is -0.483 e. The van der Waals surface area contributed by atoms with Gasteiger partial charge in [0.15, 0.2) is 13.2 Å². The van der Waals surface area contributed by atoms with Gasteiger partial charge in [0, 0.05) is 10.4 Å². The van der Waals surface area contributed by atoms with Crippen molar-refractivity contribution < 1.29 is 23.8 Å². The number of nitrogens with zero attached hydrogens (tertiary/aromatic N) is 1. The lowest BCUT2D eigenvalue weighted by molar-refractivity contribution is -0.136. The van der Waals surface area contributed by atoms with E-state index in [1.54, 1.807) is 42.5 Å². The summed E-state index contributed by atoms with van der Waals surface area (Å²) in [5, 5.41) is 6.51. The van der Waals surface area contributed by atoms with Crippen molar-refractivity contribution in [3.63, 3.8) is 0 Å². The molecule has 4 aromatic rings. The van der Waals surface area contributed by atoms with Gasteiger partial charge in [-0.1, -0.05) is 48.0 Å². The molecule has 0 heterocycles. The molecule has 0 aliphatic rings. The van der Waals surface area contributed by atoms with Crippen LogP contribution in [0.25, 0.3) is 10.8 Å². The molecule has 4 aromatic carbocycles. The number of carbonyl (C=O) groups is 2. The van der Waals surface area contributed by atoms with Gasteiger partial charge >= 0.3 is 5.97 Å².